The molecule has 3 nitrogen and oxygen atoms in total. The molecule has 1 aromatic carbocycles. The van der Waals surface area contributed by atoms with Crippen LogP contribution in [0.1, 0.15) is 5.56 Å². The van der Waals surface area contributed by atoms with Gasteiger partial charge in [-0.3, -0.25) is 0 Å². The van der Waals surface area contributed by atoms with Crippen LogP contribution in [0.3, 0.4) is 0 Å². The number of halogens is 1. The molecule has 1 unspecified atom stereocenters. The molecule has 1 atom stereocenters. The lowest BCUT2D eigenvalue weighted by Gasteiger charge is -2.07. The van der Waals surface area contributed by atoms with Gasteiger partial charge in [0.1, 0.15) is 6.04 Å². The summed E-state index contributed by atoms with van der Waals surface area (Å²) in [6.07, 6.45) is 0.696. The molecule has 0 aromatic heterocycles. The molecule has 14 heavy (non-hydrogen) atoms. The fourth-order valence-electron chi connectivity index (χ4n) is 1.62. The quantitative estimate of drug-likeness (QED) is 0.780. The van der Waals surface area contributed by atoms with Crippen LogP contribution >= 0.6 is 15.9 Å². The zero-order chi connectivity index (χ0) is 10.1. The number of hydrogen-bond acceptors (Lipinski definition) is 3. The first-order valence-electron chi connectivity index (χ1n) is 4.33. The van der Waals surface area contributed by atoms with Crippen molar-refractivity contribution in [2.24, 2.45) is 0 Å². The van der Waals surface area contributed by atoms with Crippen LogP contribution in [-0.2, 0) is 16.0 Å². The third-order valence-electron chi connectivity index (χ3n) is 2.31. The molecule has 1 aliphatic rings. The van der Waals surface area contributed by atoms with Gasteiger partial charge in [0.15, 0.2) is 0 Å². The van der Waals surface area contributed by atoms with E-state index >= 15 is 0 Å². The average molecular weight is 256 g/mol. The summed E-state index contributed by atoms with van der Waals surface area (Å²) in [6, 6.07) is 5.70. The number of ether oxygens (including phenoxy) is 1. The Morgan fingerprint density at radius 3 is 3.14 bits per heavy atom. The SMILES string of the molecule is COC(=O)C1Cc2cc(Br)ccc2N1. The van der Waals surface area contributed by atoms with Gasteiger partial charge in [0.05, 0.1) is 7.11 Å². The number of hydrogen-bond donors (Lipinski definition) is 1. The molecule has 1 aliphatic heterocycles. The van der Waals surface area contributed by atoms with Crippen molar-refractivity contribution >= 4 is 27.6 Å². The number of nitrogens with one attached hydrogen (secondary N) is 1. The van der Waals surface area contributed by atoms with E-state index in [0.29, 0.717) is 6.42 Å². The number of benzene rings is 1. The van der Waals surface area contributed by atoms with Gasteiger partial charge in [0.2, 0.25) is 0 Å². The standard InChI is InChI=1S/C10H10BrNO2/c1-14-10(13)9-5-6-4-7(11)2-3-8(6)12-9/h2-4,9,12H,5H2,1H3. The Hall–Kier alpha value is -1.03. The van der Waals surface area contributed by atoms with E-state index in [2.05, 4.69) is 26.0 Å². The first-order valence-corrected chi connectivity index (χ1v) is 5.13. The summed E-state index contributed by atoms with van der Waals surface area (Å²) in [5.74, 6) is -0.211. The number of carbonyl (C=O) groups excluding carboxylic acids is 1. The maximum atomic E-state index is 11.3. The van der Waals surface area contributed by atoms with Gasteiger partial charge in [-0.2, -0.15) is 0 Å². The Balaban J connectivity index is 2.22. The van der Waals surface area contributed by atoms with Crippen molar-refractivity contribution in [2.45, 2.75) is 12.5 Å². The highest BCUT2D eigenvalue weighted by Gasteiger charge is 2.27. The molecule has 0 fully saturated rings. The molecule has 0 radical (unpaired) electrons. The van der Waals surface area contributed by atoms with Crippen molar-refractivity contribution in [3.8, 4) is 0 Å². The Morgan fingerprint density at radius 2 is 2.43 bits per heavy atom. The summed E-state index contributed by atoms with van der Waals surface area (Å²) in [4.78, 5) is 11.3. The van der Waals surface area contributed by atoms with E-state index < -0.39 is 0 Å². The van der Waals surface area contributed by atoms with Crippen molar-refractivity contribution in [2.75, 3.05) is 12.4 Å². The number of fused-ring (bicyclic) bond motifs is 1. The lowest BCUT2D eigenvalue weighted by Crippen LogP contribution is -2.27. The molecule has 0 saturated heterocycles. The van der Waals surface area contributed by atoms with Crippen molar-refractivity contribution in [3.63, 3.8) is 0 Å². The van der Waals surface area contributed by atoms with Gasteiger partial charge >= 0.3 is 5.97 Å². The summed E-state index contributed by atoms with van der Waals surface area (Å²) >= 11 is 3.39. The number of rotatable bonds is 1. The van der Waals surface area contributed by atoms with Crippen LogP contribution in [0.4, 0.5) is 5.69 Å². The molecule has 1 N–H and O–H groups in total. The minimum Gasteiger partial charge on any atom is -0.467 e. The van der Waals surface area contributed by atoms with Crippen LogP contribution < -0.4 is 5.32 Å². The molecule has 0 bridgehead atoms. The highest BCUT2D eigenvalue weighted by Crippen LogP contribution is 2.28. The molecule has 1 heterocycles. The van der Waals surface area contributed by atoms with E-state index in [0.717, 1.165) is 15.7 Å². The fraction of sp³-hybridized carbons (Fsp3) is 0.300. The van der Waals surface area contributed by atoms with Gasteiger partial charge in [0.25, 0.3) is 0 Å². The van der Waals surface area contributed by atoms with Crippen molar-refractivity contribution in [1.29, 1.82) is 0 Å². The van der Waals surface area contributed by atoms with Gasteiger partial charge in [-0.05, 0) is 23.8 Å². The predicted octanol–water partition coefficient (Wildman–Crippen LogP) is 1.96. The minimum absolute atomic E-state index is 0.211. The van der Waals surface area contributed by atoms with Crippen LogP contribution in [0.5, 0.6) is 0 Å². The number of methoxy groups -OCH3 is 1. The summed E-state index contributed by atoms with van der Waals surface area (Å²) in [7, 11) is 1.41. The number of esters is 1. The largest absolute Gasteiger partial charge is 0.467 e. The maximum absolute atomic E-state index is 11.3. The van der Waals surface area contributed by atoms with Crippen LogP contribution in [0.2, 0.25) is 0 Å². The second-order valence-corrected chi connectivity index (χ2v) is 4.14. The Labute approximate surface area is 90.6 Å². The van der Waals surface area contributed by atoms with E-state index in [9.17, 15) is 4.79 Å². The third-order valence-corrected chi connectivity index (χ3v) is 2.80. The summed E-state index contributed by atoms with van der Waals surface area (Å²) in [5, 5.41) is 3.12. The molecule has 1 aromatic rings. The second-order valence-electron chi connectivity index (χ2n) is 3.23. The number of carbonyl (C=O) groups is 1. The van der Waals surface area contributed by atoms with Crippen molar-refractivity contribution in [1.82, 2.24) is 0 Å². The first kappa shape index (κ1) is 9.52. The van der Waals surface area contributed by atoms with Gasteiger partial charge < -0.3 is 10.1 Å². The monoisotopic (exact) mass is 255 g/mol. The Morgan fingerprint density at radius 1 is 1.64 bits per heavy atom. The molecule has 0 amide bonds. The molecular formula is C10H10BrNO2. The molecule has 2 rings (SSSR count). The van der Waals surface area contributed by atoms with Crippen LogP contribution in [0, 0.1) is 0 Å². The van der Waals surface area contributed by atoms with Gasteiger partial charge in [0, 0.05) is 16.6 Å². The van der Waals surface area contributed by atoms with E-state index in [4.69, 9.17) is 0 Å². The molecule has 0 saturated carbocycles. The molecular weight excluding hydrogens is 246 g/mol. The van der Waals surface area contributed by atoms with Crippen molar-refractivity contribution < 1.29 is 9.53 Å². The van der Waals surface area contributed by atoms with E-state index in [1.807, 2.05) is 18.2 Å². The lowest BCUT2D eigenvalue weighted by molar-refractivity contribution is -0.141. The summed E-state index contributed by atoms with van der Waals surface area (Å²) in [6.45, 7) is 0. The highest BCUT2D eigenvalue weighted by molar-refractivity contribution is 9.10. The van der Waals surface area contributed by atoms with Crippen LogP contribution in [0.25, 0.3) is 0 Å². The average Bonchev–Trinajstić information content (AvgIpc) is 2.59. The molecule has 0 spiro atoms. The van der Waals surface area contributed by atoms with Gasteiger partial charge in [-0.15, -0.1) is 0 Å². The minimum atomic E-state index is -0.232. The topological polar surface area (TPSA) is 38.3 Å². The predicted molar refractivity (Wildman–Crippen MR) is 57.3 cm³/mol. The van der Waals surface area contributed by atoms with E-state index in [-0.39, 0.29) is 12.0 Å². The molecule has 0 aliphatic carbocycles. The first-order chi connectivity index (χ1) is 6.70. The number of anilines is 1. The normalized spacial score (nSPS) is 18.6. The smallest absolute Gasteiger partial charge is 0.328 e. The van der Waals surface area contributed by atoms with Crippen molar-refractivity contribution in [3.05, 3.63) is 28.2 Å². The van der Waals surface area contributed by atoms with Gasteiger partial charge in [-0.1, -0.05) is 15.9 Å². The van der Waals surface area contributed by atoms with E-state index in [1.54, 1.807) is 0 Å². The summed E-state index contributed by atoms with van der Waals surface area (Å²) < 4.78 is 5.71. The third kappa shape index (κ3) is 1.62. The zero-order valence-electron chi connectivity index (χ0n) is 7.71. The lowest BCUT2D eigenvalue weighted by atomic mass is 10.1. The molecule has 74 valence electrons. The van der Waals surface area contributed by atoms with Crippen LogP contribution in [0.15, 0.2) is 22.7 Å². The molecule has 4 heteroatoms. The Kier molecular flexibility index (Phi) is 2.46. The Bertz CT molecular complexity index is 378. The zero-order valence-corrected chi connectivity index (χ0v) is 9.30. The second kappa shape index (κ2) is 3.61. The summed E-state index contributed by atoms with van der Waals surface area (Å²) in [5.41, 5.74) is 2.17. The maximum Gasteiger partial charge on any atom is 0.328 e. The highest BCUT2D eigenvalue weighted by atomic mass is 79.9. The fourth-order valence-corrected chi connectivity index (χ4v) is 2.02. The van der Waals surface area contributed by atoms with E-state index in [1.165, 1.54) is 7.11 Å². The van der Waals surface area contributed by atoms with Crippen LogP contribution in [-0.4, -0.2) is 19.1 Å². The van der Waals surface area contributed by atoms with Gasteiger partial charge in [-0.25, -0.2) is 4.79 Å².